The highest BCUT2D eigenvalue weighted by molar-refractivity contribution is 9.09. The first-order chi connectivity index (χ1) is 8.82. The number of halogens is 1. The summed E-state index contributed by atoms with van der Waals surface area (Å²) in [4.78, 5) is 11.2. The molecule has 1 aliphatic rings. The van der Waals surface area contributed by atoms with Crippen LogP contribution in [-0.4, -0.2) is 32.0 Å². The van der Waals surface area contributed by atoms with E-state index in [0.717, 1.165) is 25.7 Å². The molecule has 1 amide bonds. The molecule has 0 bridgehead atoms. The smallest absolute Gasteiger partial charge is 0.421 e. The second-order valence-electron chi connectivity index (χ2n) is 5.02. The van der Waals surface area contributed by atoms with Crippen LogP contribution in [0.5, 0.6) is 0 Å². The van der Waals surface area contributed by atoms with Crippen LogP contribution in [0.3, 0.4) is 0 Å². The van der Waals surface area contributed by atoms with Crippen LogP contribution in [-0.2, 0) is 14.9 Å². The molecule has 1 saturated carbocycles. The van der Waals surface area contributed by atoms with Crippen LogP contribution < -0.4 is 9.44 Å². The van der Waals surface area contributed by atoms with E-state index in [4.69, 9.17) is 0 Å². The van der Waals surface area contributed by atoms with E-state index in [1.54, 1.807) is 6.92 Å². The minimum absolute atomic E-state index is 0.127. The van der Waals surface area contributed by atoms with E-state index in [-0.39, 0.29) is 6.61 Å². The van der Waals surface area contributed by atoms with E-state index in [0.29, 0.717) is 11.2 Å². The first-order valence-corrected chi connectivity index (χ1v) is 8.97. The summed E-state index contributed by atoms with van der Waals surface area (Å²) in [6.45, 7) is 3.90. The lowest BCUT2D eigenvalue weighted by Gasteiger charge is -2.38. The fraction of sp³-hybridized carbons (Fsp3) is 0.909. The molecule has 19 heavy (non-hydrogen) atoms. The van der Waals surface area contributed by atoms with Gasteiger partial charge in [0.25, 0.3) is 0 Å². The van der Waals surface area contributed by atoms with Crippen molar-refractivity contribution in [1.29, 1.82) is 0 Å². The first-order valence-electron chi connectivity index (χ1n) is 6.37. The van der Waals surface area contributed by atoms with E-state index in [1.807, 2.05) is 4.72 Å². The monoisotopic (exact) mass is 356 g/mol. The highest BCUT2D eigenvalue weighted by Gasteiger charge is 2.37. The van der Waals surface area contributed by atoms with Gasteiger partial charge < -0.3 is 4.74 Å². The van der Waals surface area contributed by atoms with Gasteiger partial charge in [0, 0.05) is 10.9 Å². The standard InChI is InChI=1S/C11H21BrN2O4S/c1-3-18-10(15)13-19(16,17)14-11(8-12)6-4-9(2)5-7-11/h9,14H,3-8H2,1-2H3,(H,13,15). The minimum Gasteiger partial charge on any atom is -0.449 e. The van der Waals surface area contributed by atoms with Crippen molar-refractivity contribution in [3.8, 4) is 0 Å². The minimum atomic E-state index is -3.90. The van der Waals surface area contributed by atoms with Crippen LogP contribution in [0.2, 0.25) is 0 Å². The summed E-state index contributed by atoms with van der Waals surface area (Å²) in [5.41, 5.74) is -0.523. The Morgan fingerprint density at radius 3 is 2.47 bits per heavy atom. The molecule has 1 fully saturated rings. The number of carbonyl (C=O) groups is 1. The predicted molar refractivity (Wildman–Crippen MR) is 76.4 cm³/mol. The SMILES string of the molecule is CCOC(=O)NS(=O)(=O)NC1(CBr)CCC(C)CC1. The number of ether oxygens (including phenoxy) is 1. The molecular formula is C11H21BrN2O4S. The number of amides is 1. The molecule has 0 radical (unpaired) electrons. The van der Waals surface area contributed by atoms with Gasteiger partial charge in [-0.05, 0) is 38.5 Å². The molecule has 8 heteroatoms. The van der Waals surface area contributed by atoms with Crippen LogP contribution in [0.25, 0.3) is 0 Å². The summed E-state index contributed by atoms with van der Waals surface area (Å²) < 4.78 is 32.8. The second-order valence-corrected chi connectivity index (χ2v) is 7.00. The van der Waals surface area contributed by atoms with Crippen molar-refractivity contribution in [2.24, 2.45) is 5.92 Å². The fourth-order valence-electron chi connectivity index (χ4n) is 2.16. The van der Waals surface area contributed by atoms with E-state index < -0.39 is 21.8 Å². The van der Waals surface area contributed by atoms with Gasteiger partial charge in [0.2, 0.25) is 0 Å². The van der Waals surface area contributed by atoms with E-state index >= 15 is 0 Å². The zero-order chi connectivity index (χ0) is 14.5. The van der Waals surface area contributed by atoms with Crippen LogP contribution >= 0.6 is 15.9 Å². The molecule has 0 aliphatic heterocycles. The molecule has 0 aromatic rings. The summed E-state index contributed by atoms with van der Waals surface area (Å²) in [6.07, 6.45) is 2.48. The summed E-state index contributed by atoms with van der Waals surface area (Å²) >= 11 is 3.37. The van der Waals surface area contributed by atoms with E-state index in [2.05, 4.69) is 32.3 Å². The van der Waals surface area contributed by atoms with Crippen molar-refractivity contribution in [3.05, 3.63) is 0 Å². The molecule has 0 heterocycles. The summed E-state index contributed by atoms with van der Waals surface area (Å²) in [5.74, 6) is 0.606. The Balaban J connectivity index is 2.66. The predicted octanol–water partition coefficient (Wildman–Crippen LogP) is 1.91. The summed E-state index contributed by atoms with van der Waals surface area (Å²) in [7, 11) is -3.90. The highest BCUT2D eigenvalue weighted by Crippen LogP contribution is 2.33. The van der Waals surface area contributed by atoms with E-state index in [1.165, 1.54) is 0 Å². The first kappa shape index (κ1) is 16.7. The molecular weight excluding hydrogens is 336 g/mol. The number of nitrogens with one attached hydrogen (secondary N) is 2. The molecule has 112 valence electrons. The zero-order valence-corrected chi connectivity index (χ0v) is 13.6. The molecule has 0 spiro atoms. The third-order valence-corrected chi connectivity index (χ3v) is 5.54. The van der Waals surface area contributed by atoms with Gasteiger partial charge in [-0.15, -0.1) is 0 Å². The largest absolute Gasteiger partial charge is 0.449 e. The highest BCUT2D eigenvalue weighted by atomic mass is 79.9. The maximum Gasteiger partial charge on any atom is 0.421 e. The third kappa shape index (κ3) is 5.27. The maximum absolute atomic E-state index is 11.9. The van der Waals surface area contributed by atoms with Crippen molar-refractivity contribution in [2.75, 3.05) is 11.9 Å². The molecule has 0 atom stereocenters. The number of carbonyl (C=O) groups excluding carboxylic acids is 1. The normalized spacial score (nSPS) is 27.8. The van der Waals surface area contributed by atoms with Gasteiger partial charge in [-0.3, -0.25) is 0 Å². The Kier molecular flexibility index (Phi) is 6.07. The average molecular weight is 357 g/mol. The van der Waals surface area contributed by atoms with Crippen molar-refractivity contribution in [1.82, 2.24) is 9.44 Å². The zero-order valence-electron chi connectivity index (χ0n) is 11.2. The third-order valence-electron chi connectivity index (χ3n) is 3.33. The van der Waals surface area contributed by atoms with Gasteiger partial charge in [-0.25, -0.2) is 9.52 Å². The van der Waals surface area contributed by atoms with Crippen LogP contribution in [0.4, 0.5) is 4.79 Å². The lowest BCUT2D eigenvalue weighted by Crippen LogP contribution is -2.56. The summed E-state index contributed by atoms with van der Waals surface area (Å²) in [5, 5.41) is 0.524. The lowest BCUT2D eigenvalue weighted by atomic mass is 9.79. The average Bonchev–Trinajstić information content (AvgIpc) is 2.31. The molecule has 0 unspecified atom stereocenters. The van der Waals surface area contributed by atoms with Crippen molar-refractivity contribution >= 4 is 32.2 Å². The number of alkyl halides is 1. The molecule has 2 N–H and O–H groups in total. The summed E-state index contributed by atoms with van der Waals surface area (Å²) in [6, 6.07) is 0. The number of hydrogen-bond acceptors (Lipinski definition) is 4. The van der Waals surface area contributed by atoms with Gasteiger partial charge in [-0.2, -0.15) is 13.1 Å². The Labute approximate surface area is 123 Å². The molecule has 6 nitrogen and oxygen atoms in total. The quantitative estimate of drug-likeness (QED) is 0.736. The van der Waals surface area contributed by atoms with Crippen molar-refractivity contribution in [3.63, 3.8) is 0 Å². The van der Waals surface area contributed by atoms with Crippen molar-refractivity contribution < 1.29 is 17.9 Å². The molecule has 1 aliphatic carbocycles. The Morgan fingerprint density at radius 1 is 1.42 bits per heavy atom. The van der Waals surface area contributed by atoms with Gasteiger partial charge in [0.1, 0.15) is 0 Å². The fourth-order valence-corrected chi connectivity index (χ4v) is 4.22. The Morgan fingerprint density at radius 2 is 2.00 bits per heavy atom. The molecule has 1 rings (SSSR count). The van der Waals surface area contributed by atoms with Crippen molar-refractivity contribution in [2.45, 2.75) is 45.1 Å². The maximum atomic E-state index is 11.9. The van der Waals surface area contributed by atoms with Crippen LogP contribution in [0.1, 0.15) is 39.5 Å². The molecule has 0 aromatic carbocycles. The van der Waals surface area contributed by atoms with Gasteiger partial charge in [0.05, 0.1) is 6.61 Å². The second kappa shape index (κ2) is 6.90. The van der Waals surface area contributed by atoms with E-state index in [9.17, 15) is 13.2 Å². The van der Waals surface area contributed by atoms with Gasteiger partial charge >= 0.3 is 16.3 Å². The topological polar surface area (TPSA) is 84.5 Å². The van der Waals surface area contributed by atoms with Gasteiger partial charge in [-0.1, -0.05) is 22.9 Å². The molecule has 0 aromatic heterocycles. The van der Waals surface area contributed by atoms with Gasteiger partial charge in [0.15, 0.2) is 0 Å². The Hall–Kier alpha value is -0.340. The number of hydrogen-bond donors (Lipinski definition) is 2. The Bertz CT molecular complexity index is 405. The number of rotatable bonds is 5. The van der Waals surface area contributed by atoms with Crippen LogP contribution in [0.15, 0.2) is 0 Å². The lowest BCUT2D eigenvalue weighted by molar-refractivity contribution is 0.158. The molecule has 0 saturated heterocycles. The van der Waals surface area contributed by atoms with Crippen LogP contribution in [0, 0.1) is 5.92 Å².